The van der Waals surface area contributed by atoms with Crippen LogP contribution in [0.2, 0.25) is 0 Å². The molecule has 1 aromatic carbocycles. The van der Waals surface area contributed by atoms with Crippen LogP contribution in [0.25, 0.3) is 10.9 Å². The van der Waals surface area contributed by atoms with Crippen LogP contribution in [-0.4, -0.2) is 34.6 Å². The molecule has 0 radical (unpaired) electrons. The molecule has 2 N–H and O–H groups in total. The number of aromatic amines is 2. The first kappa shape index (κ1) is 17.7. The van der Waals surface area contributed by atoms with Crippen LogP contribution in [0.3, 0.4) is 0 Å². The van der Waals surface area contributed by atoms with Crippen LogP contribution >= 0.6 is 0 Å². The van der Waals surface area contributed by atoms with Gasteiger partial charge in [-0.05, 0) is 44.7 Å². The zero-order chi connectivity index (χ0) is 19.3. The maximum absolute atomic E-state index is 12.2. The van der Waals surface area contributed by atoms with Crippen LogP contribution in [0.4, 0.5) is 0 Å². The summed E-state index contributed by atoms with van der Waals surface area (Å²) in [6.45, 7) is 7.29. The van der Waals surface area contributed by atoms with E-state index in [1.165, 1.54) is 22.2 Å². The Bertz CT molecular complexity index is 1090. The number of ether oxygens (including phenoxy) is 1. The predicted octanol–water partition coefficient (Wildman–Crippen LogP) is 3.54. The van der Waals surface area contributed by atoms with Crippen molar-refractivity contribution in [3.8, 4) is 0 Å². The lowest BCUT2D eigenvalue weighted by Gasteiger charge is -2.43. The van der Waals surface area contributed by atoms with Crippen LogP contribution in [0.1, 0.15) is 40.9 Å². The highest BCUT2D eigenvalue weighted by molar-refractivity contribution is 5.85. The summed E-state index contributed by atoms with van der Waals surface area (Å²) in [5.74, 6) is 0. The molecule has 2 aliphatic rings. The smallest absolute Gasteiger partial charge is 0.187 e. The quantitative estimate of drug-likeness (QED) is 0.718. The monoisotopic (exact) mass is 377 g/mol. The van der Waals surface area contributed by atoms with Crippen molar-refractivity contribution in [1.82, 2.24) is 14.9 Å². The van der Waals surface area contributed by atoms with Gasteiger partial charge in [0.2, 0.25) is 0 Å². The lowest BCUT2D eigenvalue weighted by molar-refractivity contribution is -0.101. The summed E-state index contributed by atoms with van der Waals surface area (Å²) in [7, 11) is 0. The standard InChI is InChI=1S/C23H27N3O2/c1-15-13-24-20(16(2)21(15)27)14-26-10-8-23(9-11-26)22-18(7-12-28-23)17-5-3-4-6-19(17)25-22/h3-6,13,25H,7-12,14H2,1-2H3,(H,24,27). The van der Waals surface area contributed by atoms with Crippen molar-refractivity contribution >= 4 is 10.9 Å². The molecule has 1 spiro atoms. The molecule has 1 saturated heterocycles. The molecule has 2 aromatic heterocycles. The number of nitrogens with one attached hydrogen (secondary N) is 2. The summed E-state index contributed by atoms with van der Waals surface area (Å²) >= 11 is 0. The third-order valence-corrected chi connectivity index (χ3v) is 6.66. The second-order valence-corrected chi connectivity index (χ2v) is 8.30. The molecule has 0 unspecified atom stereocenters. The Labute approximate surface area is 164 Å². The fourth-order valence-electron chi connectivity index (χ4n) is 4.93. The number of likely N-dealkylation sites (tertiary alicyclic amines) is 1. The number of aryl methyl sites for hydroxylation is 1. The van der Waals surface area contributed by atoms with E-state index in [-0.39, 0.29) is 11.0 Å². The number of pyridine rings is 1. The highest BCUT2D eigenvalue weighted by Crippen LogP contribution is 2.43. The molecular weight excluding hydrogens is 350 g/mol. The maximum Gasteiger partial charge on any atom is 0.187 e. The van der Waals surface area contributed by atoms with Gasteiger partial charge in [-0.15, -0.1) is 0 Å². The Hall–Kier alpha value is -2.37. The van der Waals surface area contributed by atoms with Crippen molar-refractivity contribution in [1.29, 1.82) is 0 Å². The summed E-state index contributed by atoms with van der Waals surface area (Å²) in [5.41, 5.74) is 6.55. The molecule has 3 aromatic rings. The van der Waals surface area contributed by atoms with E-state index < -0.39 is 0 Å². The van der Waals surface area contributed by atoms with Crippen molar-refractivity contribution in [2.75, 3.05) is 19.7 Å². The fourth-order valence-corrected chi connectivity index (χ4v) is 4.93. The van der Waals surface area contributed by atoms with E-state index in [2.05, 4.69) is 39.1 Å². The van der Waals surface area contributed by atoms with E-state index in [1.807, 2.05) is 20.0 Å². The second kappa shape index (κ2) is 6.61. The van der Waals surface area contributed by atoms with Gasteiger partial charge in [-0.1, -0.05) is 18.2 Å². The summed E-state index contributed by atoms with van der Waals surface area (Å²) < 4.78 is 6.40. The van der Waals surface area contributed by atoms with Crippen molar-refractivity contribution < 1.29 is 4.74 Å². The van der Waals surface area contributed by atoms with Crippen LogP contribution in [0.15, 0.2) is 35.3 Å². The first-order valence-corrected chi connectivity index (χ1v) is 10.2. The van der Waals surface area contributed by atoms with Gasteiger partial charge in [-0.3, -0.25) is 9.69 Å². The molecule has 146 valence electrons. The predicted molar refractivity (Wildman–Crippen MR) is 111 cm³/mol. The van der Waals surface area contributed by atoms with Gasteiger partial charge >= 0.3 is 0 Å². The number of fused-ring (bicyclic) bond motifs is 4. The molecule has 5 rings (SSSR count). The average molecular weight is 377 g/mol. The Morgan fingerprint density at radius 2 is 1.96 bits per heavy atom. The minimum atomic E-state index is -0.196. The van der Waals surface area contributed by atoms with Crippen LogP contribution in [-0.2, 0) is 23.3 Å². The topological polar surface area (TPSA) is 61.1 Å². The molecule has 0 aliphatic carbocycles. The third kappa shape index (κ3) is 2.73. The normalized spacial score (nSPS) is 19.2. The SMILES string of the molecule is Cc1c[nH]c(CN2CCC3(CC2)OCCc2c3[nH]c3ccccc23)c(C)c1=O. The number of piperidine rings is 1. The number of nitrogens with zero attached hydrogens (tertiary/aromatic N) is 1. The minimum Gasteiger partial charge on any atom is -0.368 e. The number of hydrogen-bond donors (Lipinski definition) is 2. The maximum atomic E-state index is 12.2. The molecule has 1 fully saturated rings. The molecule has 2 aliphatic heterocycles. The molecule has 5 heteroatoms. The molecule has 0 bridgehead atoms. The van der Waals surface area contributed by atoms with E-state index in [0.29, 0.717) is 0 Å². The van der Waals surface area contributed by atoms with Gasteiger partial charge in [0.1, 0.15) is 5.60 Å². The van der Waals surface area contributed by atoms with E-state index in [1.54, 1.807) is 0 Å². The molecule has 5 nitrogen and oxygen atoms in total. The molecule has 4 heterocycles. The van der Waals surface area contributed by atoms with E-state index in [0.717, 1.165) is 62.3 Å². The van der Waals surface area contributed by atoms with E-state index in [9.17, 15) is 4.79 Å². The largest absolute Gasteiger partial charge is 0.368 e. The third-order valence-electron chi connectivity index (χ3n) is 6.66. The lowest BCUT2D eigenvalue weighted by Crippen LogP contribution is -2.46. The van der Waals surface area contributed by atoms with Gasteiger partial charge < -0.3 is 14.7 Å². The zero-order valence-corrected chi connectivity index (χ0v) is 16.6. The average Bonchev–Trinajstić information content (AvgIpc) is 3.11. The van der Waals surface area contributed by atoms with Crippen molar-refractivity contribution in [3.05, 3.63) is 68.8 Å². The van der Waals surface area contributed by atoms with Gasteiger partial charge in [0, 0.05) is 53.6 Å². The number of hydrogen-bond acceptors (Lipinski definition) is 3. The summed E-state index contributed by atoms with van der Waals surface area (Å²) in [5, 5.41) is 1.34. The van der Waals surface area contributed by atoms with Gasteiger partial charge in [0.05, 0.1) is 12.3 Å². The number of para-hydroxylation sites is 1. The Kier molecular flexibility index (Phi) is 4.18. The first-order valence-electron chi connectivity index (χ1n) is 10.2. The molecular formula is C23H27N3O2. The van der Waals surface area contributed by atoms with Crippen molar-refractivity contribution in [2.45, 2.75) is 45.3 Å². The second-order valence-electron chi connectivity index (χ2n) is 8.30. The first-order chi connectivity index (χ1) is 13.6. The summed E-state index contributed by atoms with van der Waals surface area (Å²) in [6.07, 6.45) is 4.76. The number of H-pyrrole nitrogens is 2. The van der Waals surface area contributed by atoms with Crippen LogP contribution in [0.5, 0.6) is 0 Å². The molecule has 0 amide bonds. The van der Waals surface area contributed by atoms with Crippen LogP contribution < -0.4 is 5.43 Å². The van der Waals surface area contributed by atoms with Crippen molar-refractivity contribution in [3.63, 3.8) is 0 Å². The molecule has 0 saturated carbocycles. The molecule has 0 atom stereocenters. The minimum absolute atomic E-state index is 0.153. The van der Waals surface area contributed by atoms with E-state index >= 15 is 0 Å². The molecule has 28 heavy (non-hydrogen) atoms. The Balaban J connectivity index is 1.38. The van der Waals surface area contributed by atoms with E-state index in [4.69, 9.17) is 4.74 Å². The highest BCUT2D eigenvalue weighted by Gasteiger charge is 2.42. The van der Waals surface area contributed by atoms with Crippen molar-refractivity contribution in [2.24, 2.45) is 0 Å². The van der Waals surface area contributed by atoms with Gasteiger partial charge in [-0.25, -0.2) is 0 Å². The number of aromatic nitrogens is 2. The summed E-state index contributed by atoms with van der Waals surface area (Å²) in [4.78, 5) is 21.7. The van der Waals surface area contributed by atoms with Gasteiger partial charge in [0.15, 0.2) is 5.43 Å². The Morgan fingerprint density at radius 3 is 2.79 bits per heavy atom. The highest BCUT2D eigenvalue weighted by atomic mass is 16.5. The number of rotatable bonds is 2. The van der Waals surface area contributed by atoms with Gasteiger partial charge in [-0.2, -0.15) is 0 Å². The fraction of sp³-hybridized carbons (Fsp3) is 0.435. The summed E-state index contributed by atoms with van der Waals surface area (Å²) in [6, 6.07) is 8.58. The Morgan fingerprint density at radius 1 is 1.18 bits per heavy atom. The zero-order valence-electron chi connectivity index (χ0n) is 16.6. The van der Waals surface area contributed by atoms with Crippen LogP contribution in [0, 0.1) is 13.8 Å². The number of benzene rings is 1. The van der Waals surface area contributed by atoms with Gasteiger partial charge in [0.25, 0.3) is 0 Å². The lowest BCUT2D eigenvalue weighted by atomic mass is 9.83.